The minimum Gasteiger partial charge on any atom is -0.378 e. The number of hydrogen-bond acceptors (Lipinski definition) is 4. The minimum atomic E-state index is -0.371. The Morgan fingerprint density at radius 1 is 1.35 bits per heavy atom. The van der Waals surface area contributed by atoms with Crippen molar-refractivity contribution in [2.24, 2.45) is 5.41 Å². The Labute approximate surface area is 134 Å². The number of amides is 1. The molecular weight excluding hydrogens is 294 g/mol. The largest absolute Gasteiger partial charge is 0.378 e. The summed E-state index contributed by atoms with van der Waals surface area (Å²) in [5, 5.41) is 3.42. The van der Waals surface area contributed by atoms with Crippen LogP contribution in [0.5, 0.6) is 0 Å². The van der Waals surface area contributed by atoms with Gasteiger partial charge < -0.3 is 15.0 Å². The number of carbonyl (C=O) groups is 1. The molecule has 1 aromatic carbocycles. The highest BCUT2D eigenvalue weighted by molar-refractivity contribution is 5.92. The predicted octanol–water partition coefficient (Wildman–Crippen LogP) is 1.86. The van der Waals surface area contributed by atoms with Crippen LogP contribution in [0.25, 0.3) is 10.9 Å². The van der Waals surface area contributed by atoms with Crippen molar-refractivity contribution in [3.8, 4) is 0 Å². The molecule has 1 saturated carbocycles. The van der Waals surface area contributed by atoms with Crippen LogP contribution in [0.1, 0.15) is 37.8 Å². The Morgan fingerprint density at radius 2 is 2.04 bits per heavy atom. The minimum absolute atomic E-state index is 0.0308. The van der Waals surface area contributed by atoms with Crippen LogP contribution >= 0.6 is 0 Å². The third kappa shape index (κ3) is 2.34. The van der Waals surface area contributed by atoms with Gasteiger partial charge in [0.25, 0.3) is 11.5 Å². The van der Waals surface area contributed by atoms with Gasteiger partial charge in [0.05, 0.1) is 16.5 Å². The van der Waals surface area contributed by atoms with E-state index >= 15 is 0 Å². The van der Waals surface area contributed by atoms with Crippen molar-refractivity contribution in [1.29, 1.82) is 0 Å². The van der Waals surface area contributed by atoms with E-state index in [1.165, 1.54) is 0 Å². The van der Waals surface area contributed by atoms with Crippen molar-refractivity contribution in [3.63, 3.8) is 0 Å². The summed E-state index contributed by atoms with van der Waals surface area (Å²) in [6.45, 7) is 6.15. The lowest BCUT2D eigenvalue weighted by molar-refractivity contribution is -0.177. The highest BCUT2D eigenvalue weighted by atomic mass is 16.5. The lowest BCUT2D eigenvalue weighted by atomic mass is 9.56. The molecule has 2 aromatic rings. The number of nitrogens with one attached hydrogen (secondary N) is 2. The molecule has 0 aliphatic heterocycles. The van der Waals surface area contributed by atoms with Crippen LogP contribution in [0, 0.1) is 5.41 Å². The molecule has 122 valence electrons. The van der Waals surface area contributed by atoms with Gasteiger partial charge in [0, 0.05) is 18.6 Å². The number of nitrogens with zero attached hydrogens (tertiary/aromatic N) is 1. The molecule has 3 rings (SSSR count). The number of H-pyrrole nitrogens is 1. The monoisotopic (exact) mass is 315 g/mol. The molecule has 1 aliphatic carbocycles. The van der Waals surface area contributed by atoms with E-state index < -0.39 is 0 Å². The molecule has 1 heterocycles. The van der Waals surface area contributed by atoms with E-state index in [4.69, 9.17) is 4.74 Å². The predicted molar refractivity (Wildman–Crippen MR) is 87.4 cm³/mol. The molecule has 6 nitrogen and oxygen atoms in total. The standard InChI is InChI=1S/C17H21N3O3/c1-16(2)12(9-17(16,3)23-4)19-15(22)13-18-11-8-6-5-7-10(11)14(21)20-13/h5-8,12H,9H2,1-4H3,(H,19,22)(H,18,20,21)/t12-,17+/m0/s1. The van der Waals surface area contributed by atoms with Gasteiger partial charge in [-0.05, 0) is 25.5 Å². The fourth-order valence-electron chi connectivity index (χ4n) is 3.14. The first kappa shape index (κ1) is 15.7. The highest BCUT2D eigenvalue weighted by Gasteiger charge is 2.58. The highest BCUT2D eigenvalue weighted by Crippen LogP contribution is 2.51. The smallest absolute Gasteiger partial charge is 0.287 e. The van der Waals surface area contributed by atoms with Gasteiger partial charge in [-0.3, -0.25) is 9.59 Å². The molecule has 23 heavy (non-hydrogen) atoms. The van der Waals surface area contributed by atoms with E-state index in [9.17, 15) is 9.59 Å². The van der Waals surface area contributed by atoms with Gasteiger partial charge >= 0.3 is 0 Å². The number of para-hydroxylation sites is 1. The first-order valence-electron chi connectivity index (χ1n) is 7.63. The van der Waals surface area contributed by atoms with Crippen molar-refractivity contribution in [3.05, 3.63) is 40.4 Å². The van der Waals surface area contributed by atoms with Gasteiger partial charge in [0.1, 0.15) is 0 Å². The Balaban J connectivity index is 1.84. The van der Waals surface area contributed by atoms with Crippen LogP contribution in [0.3, 0.4) is 0 Å². The van der Waals surface area contributed by atoms with Crippen molar-refractivity contribution in [1.82, 2.24) is 15.3 Å². The second kappa shape index (κ2) is 5.16. The van der Waals surface area contributed by atoms with Crippen LogP contribution < -0.4 is 10.9 Å². The summed E-state index contributed by atoms with van der Waals surface area (Å²) in [5.41, 5.74) is -0.268. The lowest BCUT2D eigenvalue weighted by Crippen LogP contribution is -2.68. The van der Waals surface area contributed by atoms with E-state index in [-0.39, 0.29) is 34.3 Å². The topological polar surface area (TPSA) is 84.1 Å². The van der Waals surface area contributed by atoms with Crippen LogP contribution in [0.2, 0.25) is 0 Å². The summed E-state index contributed by atoms with van der Waals surface area (Å²) in [6.07, 6.45) is 0.722. The second-order valence-electron chi connectivity index (χ2n) is 6.82. The molecule has 6 heteroatoms. The maximum atomic E-state index is 12.4. The summed E-state index contributed by atoms with van der Waals surface area (Å²) in [7, 11) is 1.68. The average Bonchev–Trinajstić information content (AvgIpc) is 2.54. The Morgan fingerprint density at radius 3 is 2.70 bits per heavy atom. The maximum Gasteiger partial charge on any atom is 0.287 e. The van der Waals surface area contributed by atoms with Gasteiger partial charge in [0.2, 0.25) is 0 Å². The number of ether oxygens (including phenoxy) is 1. The fourth-order valence-corrected chi connectivity index (χ4v) is 3.14. The van der Waals surface area contributed by atoms with E-state index in [1.54, 1.807) is 31.4 Å². The Kier molecular flexibility index (Phi) is 3.52. The number of benzene rings is 1. The molecule has 2 N–H and O–H groups in total. The molecule has 0 bridgehead atoms. The molecule has 0 radical (unpaired) electrons. The number of methoxy groups -OCH3 is 1. The molecule has 1 fully saturated rings. The van der Waals surface area contributed by atoms with Crippen LogP contribution in [-0.4, -0.2) is 34.6 Å². The van der Waals surface area contributed by atoms with E-state index in [0.717, 1.165) is 6.42 Å². The van der Waals surface area contributed by atoms with Crippen molar-refractivity contribution >= 4 is 16.8 Å². The second-order valence-corrected chi connectivity index (χ2v) is 6.82. The van der Waals surface area contributed by atoms with E-state index in [0.29, 0.717) is 10.9 Å². The molecule has 0 unspecified atom stereocenters. The Bertz CT molecular complexity index is 827. The average molecular weight is 315 g/mol. The van der Waals surface area contributed by atoms with Gasteiger partial charge in [-0.15, -0.1) is 0 Å². The zero-order valence-electron chi connectivity index (χ0n) is 13.8. The van der Waals surface area contributed by atoms with Gasteiger partial charge in [-0.25, -0.2) is 4.98 Å². The summed E-state index contributed by atoms with van der Waals surface area (Å²) < 4.78 is 5.56. The summed E-state index contributed by atoms with van der Waals surface area (Å²) >= 11 is 0. The third-order valence-corrected chi connectivity index (χ3v) is 5.41. The molecule has 1 amide bonds. The zero-order valence-corrected chi connectivity index (χ0v) is 13.8. The quantitative estimate of drug-likeness (QED) is 0.905. The zero-order chi connectivity index (χ0) is 16.8. The summed E-state index contributed by atoms with van der Waals surface area (Å²) in [4.78, 5) is 31.3. The van der Waals surface area contributed by atoms with Gasteiger partial charge in [-0.2, -0.15) is 0 Å². The first-order valence-corrected chi connectivity index (χ1v) is 7.63. The fraction of sp³-hybridized carbons (Fsp3) is 0.471. The molecular formula is C17H21N3O3. The van der Waals surface area contributed by atoms with Crippen LogP contribution in [0.15, 0.2) is 29.1 Å². The first-order chi connectivity index (χ1) is 10.8. The number of aromatic nitrogens is 2. The summed E-state index contributed by atoms with van der Waals surface area (Å²) in [5.74, 6) is -0.334. The van der Waals surface area contributed by atoms with Crippen LogP contribution in [-0.2, 0) is 4.74 Å². The van der Waals surface area contributed by atoms with Crippen molar-refractivity contribution in [2.75, 3.05) is 7.11 Å². The molecule has 0 saturated heterocycles. The molecule has 1 aromatic heterocycles. The number of fused-ring (bicyclic) bond motifs is 1. The number of hydrogen-bond donors (Lipinski definition) is 2. The van der Waals surface area contributed by atoms with Crippen LogP contribution in [0.4, 0.5) is 0 Å². The SMILES string of the molecule is CO[C@]1(C)C[C@H](NC(=O)c2nc3ccccc3c(=O)[nH]2)C1(C)C. The number of rotatable bonds is 3. The molecule has 1 aliphatic rings. The van der Waals surface area contributed by atoms with Crippen molar-refractivity contribution in [2.45, 2.75) is 38.8 Å². The molecule has 0 spiro atoms. The summed E-state index contributed by atoms with van der Waals surface area (Å²) in [6, 6.07) is 6.92. The van der Waals surface area contributed by atoms with Gasteiger partial charge in [0.15, 0.2) is 5.82 Å². The Hall–Kier alpha value is -2.21. The third-order valence-electron chi connectivity index (χ3n) is 5.41. The lowest BCUT2D eigenvalue weighted by Gasteiger charge is -2.59. The number of aromatic amines is 1. The van der Waals surface area contributed by atoms with Crippen molar-refractivity contribution < 1.29 is 9.53 Å². The normalized spacial score (nSPS) is 25.8. The number of carbonyl (C=O) groups excluding carboxylic acids is 1. The maximum absolute atomic E-state index is 12.4. The van der Waals surface area contributed by atoms with E-state index in [1.807, 2.05) is 6.92 Å². The van der Waals surface area contributed by atoms with E-state index in [2.05, 4.69) is 29.1 Å². The van der Waals surface area contributed by atoms with Gasteiger partial charge in [-0.1, -0.05) is 26.0 Å². The molecule has 2 atom stereocenters.